The average Bonchev–Trinajstić information content (AvgIpc) is 3.47. The van der Waals surface area contributed by atoms with E-state index in [0.29, 0.717) is 18.7 Å². The van der Waals surface area contributed by atoms with Gasteiger partial charge in [-0.15, -0.1) is 0 Å². The number of anilines is 1. The molecule has 2 heterocycles. The number of ether oxygens (including phenoxy) is 3. The van der Waals surface area contributed by atoms with Crippen molar-refractivity contribution in [3.63, 3.8) is 0 Å². The number of urea groups is 1. The van der Waals surface area contributed by atoms with Crippen LogP contribution in [0.1, 0.15) is 33.1 Å². The second-order valence-corrected chi connectivity index (χ2v) is 10.1. The maximum absolute atomic E-state index is 12.8. The average molecular weight is 447 g/mol. The highest BCUT2D eigenvalue weighted by Gasteiger charge is 2.44. The van der Waals surface area contributed by atoms with Gasteiger partial charge in [0.25, 0.3) is 0 Å². The van der Waals surface area contributed by atoms with Crippen molar-refractivity contribution in [3.8, 4) is 5.75 Å². The number of benzene rings is 1. The Morgan fingerprint density at radius 1 is 1.09 bits per heavy atom. The van der Waals surface area contributed by atoms with E-state index in [9.17, 15) is 4.79 Å². The number of nitrogens with zero attached hydrogens (tertiary/aromatic N) is 3. The third kappa shape index (κ3) is 6.13. The molecule has 8 nitrogen and oxygen atoms in total. The Morgan fingerprint density at radius 3 is 2.38 bits per heavy atom. The van der Waals surface area contributed by atoms with E-state index >= 15 is 0 Å². The lowest BCUT2D eigenvalue weighted by atomic mass is 10.0. The molecule has 0 spiro atoms. The molecule has 1 N–H and O–H groups in total. The standard InChI is InChI=1S/C24H38N4O4/c1-24(2)31-21(22(32-24)16-28-13-12-18(28)14-26(3)4)15-27(5)23(29)25-17-6-8-19(9-7-17)30-20-10-11-20/h6-9,18,20-22H,10-16H2,1-5H3,(H,25,29)/t18-,21?,22?/m0/s1. The van der Waals surface area contributed by atoms with Gasteiger partial charge in [0.2, 0.25) is 0 Å². The molecule has 178 valence electrons. The molecule has 1 aliphatic carbocycles. The van der Waals surface area contributed by atoms with E-state index in [1.165, 1.54) is 6.42 Å². The van der Waals surface area contributed by atoms with Gasteiger partial charge in [-0.05, 0) is 71.5 Å². The van der Waals surface area contributed by atoms with Gasteiger partial charge in [0.05, 0.1) is 12.6 Å². The Kier molecular flexibility index (Phi) is 6.95. The third-order valence-electron chi connectivity index (χ3n) is 6.27. The number of carbonyl (C=O) groups is 1. The monoisotopic (exact) mass is 446 g/mol. The number of hydrogen-bond acceptors (Lipinski definition) is 6. The first-order chi connectivity index (χ1) is 15.2. The molecular formula is C24H38N4O4. The van der Waals surface area contributed by atoms with Crippen LogP contribution in [0.3, 0.4) is 0 Å². The smallest absolute Gasteiger partial charge is 0.321 e. The summed E-state index contributed by atoms with van der Waals surface area (Å²) in [6.07, 6.45) is 3.60. The minimum Gasteiger partial charge on any atom is -0.490 e. The second kappa shape index (κ2) is 9.55. The predicted octanol–water partition coefficient (Wildman–Crippen LogP) is 2.85. The van der Waals surface area contributed by atoms with Gasteiger partial charge in [-0.1, -0.05) is 0 Å². The lowest BCUT2D eigenvalue weighted by Gasteiger charge is -2.43. The van der Waals surface area contributed by atoms with Crippen molar-refractivity contribution in [2.24, 2.45) is 0 Å². The maximum atomic E-state index is 12.8. The van der Waals surface area contributed by atoms with Crippen LogP contribution in [0.15, 0.2) is 24.3 Å². The number of nitrogens with one attached hydrogen (secondary N) is 1. The summed E-state index contributed by atoms with van der Waals surface area (Å²) in [5, 5.41) is 2.96. The van der Waals surface area contributed by atoms with Crippen molar-refractivity contribution in [1.29, 1.82) is 0 Å². The molecule has 4 rings (SSSR count). The van der Waals surface area contributed by atoms with E-state index in [1.807, 2.05) is 38.1 Å². The van der Waals surface area contributed by atoms with Crippen LogP contribution in [0.2, 0.25) is 0 Å². The zero-order valence-corrected chi connectivity index (χ0v) is 20.0. The maximum Gasteiger partial charge on any atom is 0.321 e. The molecule has 3 fully saturated rings. The van der Waals surface area contributed by atoms with E-state index in [-0.39, 0.29) is 18.2 Å². The Morgan fingerprint density at radius 2 is 1.78 bits per heavy atom. The highest BCUT2D eigenvalue weighted by atomic mass is 16.8. The first-order valence-electron chi connectivity index (χ1n) is 11.7. The van der Waals surface area contributed by atoms with E-state index in [0.717, 1.165) is 43.9 Å². The van der Waals surface area contributed by atoms with Crippen LogP contribution >= 0.6 is 0 Å². The van der Waals surface area contributed by atoms with Crippen LogP contribution in [0.4, 0.5) is 10.5 Å². The summed E-state index contributed by atoms with van der Waals surface area (Å²) < 4.78 is 18.2. The fraction of sp³-hybridized carbons (Fsp3) is 0.708. The van der Waals surface area contributed by atoms with Gasteiger partial charge in [0.1, 0.15) is 18.0 Å². The van der Waals surface area contributed by atoms with Crippen molar-refractivity contribution >= 4 is 11.7 Å². The molecule has 8 heteroatoms. The van der Waals surface area contributed by atoms with E-state index in [4.69, 9.17) is 14.2 Å². The van der Waals surface area contributed by atoms with Crippen molar-refractivity contribution < 1.29 is 19.0 Å². The molecule has 1 saturated carbocycles. The molecule has 3 aliphatic rings. The van der Waals surface area contributed by atoms with Gasteiger partial charge < -0.3 is 29.3 Å². The summed E-state index contributed by atoms with van der Waals surface area (Å²) in [5.74, 6) is 0.199. The van der Waals surface area contributed by atoms with Crippen LogP contribution in [0, 0.1) is 0 Å². The largest absolute Gasteiger partial charge is 0.490 e. The Hall–Kier alpha value is -1.87. The topological polar surface area (TPSA) is 66.5 Å². The van der Waals surface area contributed by atoms with Crippen LogP contribution in [-0.2, 0) is 9.47 Å². The van der Waals surface area contributed by atoms with Crippen molar-refractivity contribution in [2.75, 3.05) is 52.6 Å². The Bertz CT molecular complexity index is 781. The molecule has 1 aromatic carbocycles. The normalized spacial score (nSPS) is 27.2. The molecule has 0 aromatic heterocycles. The molecule has 1 aromatic rings. The van der Waals surface area contributed by atoms with E-state index in [2.05, 4.69) is 29.2 Å². The van der Waals surface area contributed by atoms with Gasteiger partial charge in [0.15, 0.2) is 5.79 Å². The molecule has 2 saturated heterocycles. The summed E-state index contributed by atoms with van der Waals surface area (Å²) >= 11 is 0. The summed E-state index contributed by atoms with van der Waals surface area (Å²) in [5.41, 5.74) is 0.748. The third-order valence-corrected chi connectivity index (χ3v) is 6.27. The van der Waals surface area contributed by atoms with Crippen molar-refractivity contribution in [1.82, 2.24) is 14.7 Å². The molecular weight excluding hydrogens is 408 g/mol. The number of likely N-dealkylation sites (N-methyl/N-ethyl adjacent to an activating group) is 2. The van der Waals surface area contributed by atoms with Crippen LogP contribution in [0.25, 0.3) is 0 Å². The molecule has 2 aliphatic heterocycles. The fourth-order valence-electron chi connectivity index (χ4n) is 4.38. The summed E-state index contributed by atoms with van der Waals surface area (Å²) in [6.45, 7) is 7.31. The van der Waals surface area contributed by atoms with Crippen LogP contribution < -0.4 is 10.1 Å². The number of likely N-dealkylation sites (tertiary alicyclic amines) is 1. The van der Waals surface area contributed by atoms with Gasteiger partial charge in [0, 0.05) is 38.4 Å². The molecule has 32 heavy (non-hydrogen) atoms. The quantitative estimate of drug-likeness (QED) is 0.629. The SMILES string of the molecule is CN(C)C[C@@H]1CCN1CC1OC(C)(C)OC1CN(C)C(=O)Nc1ccc(OC2CC2)cc1. The minimum atomic E-state index is -0.647. The second-order valence-electron chi connectivity index (χ2n) is 10.1. The number of carbonyl (C=O) groups excluding carboxylic acids is 1. The van der Waals surface area contributed by atoms with Gasteiger partial charge >= 0.3 is 6.03 Å². The van der Waals surface area contributed by atoms with E-state index in [1.54, 1.807) is 11.9 Å². The van der Waals surface area contributed by atoms with E-state index < -0.39 is 5.79 Å². The fourth-order valence-corrected chi connectivity index (χ4v) is 4.38. The lowest BCUT2D eigenvalue weighted by Crippen LogP contribution is -2.56. The van der Waals surface area contributed by atoms with Crippen LogP contribution in [-0.4, -0.2) is 98.2 Å². The lowest BCUT2D eigenvalue weighted by molar-refractivity contribution is -0.150. The zero-order valence-electron chi connectivity index (χ0n) is 20.0. The van der Waals surface area contributed by atoms with Gasteiger partial charge in [-0.25, -0.2) is 4.79 Å². The Labute approximate surface area is 191 Å². The number of rotatable bonds is 9. The molecule has 2 amide bonds. The Balaban J connectivity index is 1.29. The number of amides is 2. The van der Waals surface area contributed by atoms with Crippen molar-refractivity contribution in [2.45, 2.75) is 63.3 Å². The summed E-state index contributed by atoms with van der Waals surface area (Å²) in [6, 6.07) is 7.95. The first kappa shape index (κ1) is 23.3. The number of hydrogen-bond donors (Lipinski definition) is 1. The molecule has 3 atom stereocenters. The molecule has 0 bridgehead atoms. The predicted molar refractivity (Wildman–Crippen MR) is 124 cm³/mol. The highest BCUT2D eigenvalue weighted by molar-refractivity contribution is 5.89. The minimum absolute atomic E-state index is 0.0657. The molecule has 2 unspecified atom stereocenters. The first-order valence-corrected chi connectivity index (χ1v) is 11.7. The van der Waals surface area contributed by atoms with Gasteiger partial charge in [-0.2, -0.15) is 0 Å². The van der Waals surface area contributed by atoms with Crippen LogP contribution in [0.5, 0.6) is 5.75 Å². The molecule has 0 radical (unpaired) electrons. The van der Waals surface area contributed by atoms with Gasteiger partial charge in [-0.3, -0.25) is 4.90 Å². The zero-order chi connectivity index (χ0) is 22.9. The van der Waals surface area contributed by atoms with Crippen molar-refractivity contribution in [3.05, 3.63) is 24.3 Å². The summed E-state index contributed by atoms with van der Waals surface area (Å²) in [4.78, 5) is 19.1. The highest BCUT2D eigenvalue weighted by Crippen LogP contribution is 2.31. The summed E-state index contributed by atoms with van der Waals surface area (Å²) in [7, 11) is 6.02.